The van der Waals surface area contributed by atoms with Crippen molar-refractivity contribution in [3.63, 3.8) is 0 Å². The Balaban J connectivity index is 1.22. The number of benzene rings is 2. The van der Waals surface area contributed by atoms with Crippen LogP contribution in [0.3, 0.4) is 0 Å². The molecule has 3 aromatic rings. The maximum absolute atomic E-state index is 14.1. The van der Waals surface area contributed by atoms with Crippen LogP contribution in [0.1, 0.15) is 70.7 Å². The number of halogens is 1. The van der Waals surface area contributed by atoms with Gasteiger partial charge in [0.25, 0.3) is 5.56 Å². The zero-order valence-corrected chi connectivity index (χ0v) is 28.8. The molecule has 1 unspecified atom stereocenters. The maximum Gasteiger partial charge on any atom is 0.261 e. The third-order valence-corrected chi connectivity index (χ3v) is 11.8. The van der Waals surface area contributed by atoms with E-state index in [1.807, 2.05) is 54.0 Å². The van der Waals surface area contributed by atoms with Crippen LogP contribution in [0, 0.1) is 23.2 Å². The zero-order valence-electron chi connectivity index (χ0n) is 28.1. The molecule has 9 nitrogen and oxygen atoms in total. The number of aromatic nitrogens is 2. The van der Waals surface area contributed by atoms with Crippen LogP contribution in [0.15, 0.2) is 52.3 Å². The smallest absolute Gasteiger partial charge is 0.261 e. The number of anilines is 1. The maximum atomic E-state index is 14.1. The molecule has 1 aromatic heterocycles. The van der Waals surface area contributed by atoms with Gasteiger partial charge in [-0.05, 0) is 105 Å². The van der Waals surface area contributed by atoms with Gasteiger partial charge in [0.15, 0.2) is 5.96 Å². The van der Waals surface area contributed by atoms with E-state index in [1.54, 1.807) is 0 Å². The Bertz CT molecular complexity index is 1730. The number of nitrogens with one attached hydrogen (secondary N) is 3. The van der Waals surface area contributed by atoms with Crippen LogP contribution in [0.25, 0.3) is 10.9 Å². The first kappa shape index (κ1) is 32.1. The van der Waals surface area contributed by atoms with Crippen LogP contribution >= 0.6 is 11.6 Å². The topological polar surface area (TPSA) is 104 Å². The molecule has 2 bridgehead atoms. The summed E-state index contributed by atoms with van der Waals surface area (Å²) >= 11 is 6.11. The fourth-order valence-corrected chi connectivity index (χ4v) is 8.80. The molecule has 3 heterocycles. The minimum Gasteiger partial charge on any atom is -0.350 e. The second kappa shape index (κ2) is 12.9. The summed E-state index contributed by atoms with van der Waals surface area (Å²) in [7, 11) is 0. The third-order valence-electron chi connectivity index (χ3n) is 11.6. The van der Waals surface area contributed by atoms with E-state index < -0.39 is 0 Å². The van der Waals surface area contributed by atoms with Crippen LogP contribution < -0.4 is 21.5 Å². The Morgan fingerprint density at radius 1 is 1.13 bits per heavy atom. The molecule has 2 aliphatic heterocycles. The first-order chi connectivity index (χ1) is 22.6. The van der Waals surface area contributed by atoms with Crippen molar-refractivity contribution in [3.05, 3.63) is 69.2 Å². The fraction of sp³-hybridized carbons (Fsp3) is 0.568. The van der Waals surface area contributed by atoms with E-state index in [-0.39, 0.29) is 36.0 Å². The SMILES string of the molecule is C[C@H]1[C@@H](N=C(Nc2ccc3c(=O)n(CCc4ccc(Cl)cc4)c(C4CCCNC4)nc3c2)N2CC(=O)N[C@@H](C)C2)C[C@@H]2C[C@@H]1C2(C)C. The van der Waals surface area contributed by atoms with Crippen LogP contribution in [-0.2, 0) is 17.8 Å². The molecule has 0 spiro atoms. The molecule has 3 N–H and O–H groups in total. The van der Waals surface area contributed by atoms with Crippen LogP contribution in [0.2, 0.25) is 5.02 Å². The Hall–Kier alpha value is -3.43. The predicted octanol–water partition coefficient (Wildman–Crippen LogP) is 5.42. The number of nitrogens with zero attached hydrogens (tertiary/aromatic N) is 4. The minimum absolute atomic E-state index is 0.00369. The number of hydrogen-bond donors (Lipinski definition) is 3. The van der Waals surface area contributed by atoms with Crippen molar-refractivity contribution in [2.75, 3.05) is 31.5 Å². The number of piperazine rings is 1. The van der Waals surface area contributed by atoms with Gasteiger partial charge in [-0.2, -0.15) is 0 Å². The van der Waals surface area contributed by atoms with Crippen molar-refractivity contribution in [2.45, 2.75) is 84.3 Å². The molecule has 5 aliphatic rings. The fourth-order valence-electron chi connectivity index (χ4n) is 8.68. The summed E-state index contributed by atoms with van der Waals surface area (Å²) in [5, 5.41) is 11.5. The standard InChI is InChI=1S/C37H48ClN7O2/c1-22-20-44(21-33(46)40-22)36(43-31-17-26-16-30(23(31)2)37(26,3)4)41-28-11-12-29-32(18-28)42-34(25-6-5-14-39-19-25)45(35(29)47)15-13-24-7-9-27(38)10-8-24/h7-12,18,22-23,25-26,30-31,39H,5-6,13-17,19-21H2,1-4H3,(H,40,46)(H,41,43)/t22-,23+,25?,26-,30-,31-/m0/s1. The highest BCUT2D eigenvalue weighted by Gasteiger charge is 2.56. The van der Waals surface area contributed by atoms with Crippen LogP contribution in [-0.4, -0.2) is 64.6 Å². The van der Waals surface area contributed by atoms with Gasteiger partial charge in [-0.3, -0.25) is 14.2 Å². The van der Waals surface area contributed by atoms with Gasteiger partial charge in [-0.15, -0.1) is 0 Å². The Morgan fingerprint density at radius 3 is 2.64 bits per heavy atom. The Labute approximate surface area is 282 Å². The largest absolute Gasteiger partial charge is 0.350 e. The number of carbonyl (C=O) groups is 1. The van der Waals surface area contributed by atoms with Crippen molar-refractivity contribution in [2.24, 2.45) is 28.2 Å². The van der Waals surface area contributed by atoms with E-state index in [1.165, 1.54) is 6.42 Å². The molecule has 2 saturated heterocycles. The molecule has 10 heteroatoms. The number of amides is 1. The number of guanidine groups is 1. The molecule has 8 rings (SSSR count). The van der Waals surface area contributed by atoms with Gasteiger partial charge in [-0.1, -0.05) is 44.5 Å². The average Bonchev–Trinajstić information content (AvgIpc) is 3.05. The van der Waals surface area contributed by atoms with Crippen LogP contribution in [0.5, 0.6) is 0 Å². The Morgan fingerprint density at radius 2 is 1.94 bits per heavy atom. The summed E-state index contributed by atoms with van der Waals surface area (Å²) in [6, 6.07) is 13.9. The Kier molecular flexibility index (Phi) is 8.81. The zero-order chi connectivity index (χ0) is 32.9. The lowest BCUT2D eigenvalue weighted by Crippen LogP contribution is -2.58. The number of fused-ring (bicyclic) bond motifs is 3. The summed E-state index contributed by atoms with van der Waals surface area (Å²) in [6.07, 6.45) is 5.13. The molecular weight excluding hydrogens is 610 g/mol. The van der Waals surface area contributed by atoms with E-state index in [0.29, 0.717) is 52.2 Å². The van der Waals surface area contributed by atoms with Gasteiger partial charge >= 0.3 is 0 Å². The molecular formula is C37H48ClN7O2. The molecule has 250 valence electrons. The summed E-state index contributed by atoms with van der Waals surface area (Å²) in [5.74, 6) is 3.56. The summed E-state index contributed by atoms with van der Waals surface area (Å²) in [6.45, 7) is 12.5. The first-order valence-corrected chi connectivity index (χ1v) is 17.8. The summed E-state index contributed by atoms with van der Waals surface area (Å²) < 4.78 is 1.89. The number of aliphatic imine (C=N–C) groups is 1. The second-order valence-corrected chi connectivity index (χ2v) is 15.5. The van der Waals surface area contributed by atoms with Crippen LogP contribution in [0.4, 0.5) is 5.69 Å². The molecule has 3 aliphatic carbocycles. The predicted molar refractivity (Wildman–Crippen MR) is 189 cm³/mol. The molecule has 5 fully saturated rings. The van der Waals surface area contributed by atoms with Crippen molar-refractivity contribution < 1.29 is 4.79 Å². The number of carbonyl (C=O) groups excluding carboxylic acids is 1. The van der Waals surface area contributed by atoms with Crippen molar-refractivity contribution >= 4 is 40.1 Å². The lowest BCUT2D eigenvalue weighted by molar-refractivity contribution is -0.124. The third kappa shape index (κ3) is 6.41. The van der Waals surface area contributed by atoms with E-state index >= 15 is 0 Å². The van der Waals surface area contributed by atoms with Gasteiger partial charge in [0.05, 0.1) is 23.5 Å². The van der Waals surface area contributed by atoms with E-state index in [9.17, 15) is 9.59 Å². The lowest BCUT2D eigenvalue weighted by Gasteiger charge is -2.61. The average molecular weight is 658 g/mol. The lowest BCUT2D eigenvalue weighted by atomic mass is 9.45. The monoisotopic (exact) mass is 657 g/mol. The molecule has 1 amide bonds. The minimum atomic E-state index is -0.00984. The molecule has 0 radical (unpaired) electrons. The summed E-state index contributed by atoms with van der Waals surface area (Å²) in [5.41, 5.74) is 3.00. The first-order valence-electron chi connectivity index (χ1n) is 17.5. The van der Waals surface area contributed by atoms with E-state index in [4.69, 9.17) is 21.6 Å². The van der Waals surface area contributed by atoms with Crippen molar-refractivity contribution in [1.29, 1.82) is 0 Å². The van der Waals surface area contributed by atoms with Gasteiger partial charge in [0.2, 0.25) is 5.91 Å². The van der Waals surface area contributed by atoms with E-state index in [0.717, 1.165) is 61.8 Å². The number of hydrogen-bond acceptors (Lipinski definition) is 5. The highest BCUT2D eigenvalue weighted by Crippen LogP contribution is 2.61. The van der Waals surface area contributed by atoms with Crippen molar-refractivity contribution in [1.82, 2.24) is 25.1 Å². The number of rotatable bonds is 6. The van der Waals surface area contributed by atoms with E-state index in [2.05, 4.69) is 41.6 Å². The quantitative estimate of drug-likeness (QED) is 0.242. The van der Waals surface area contributed by atoms with Crippen molar-refractivity contribution in [3.8, 4) is 0 Å². The molecule has 2 aromatic carbocycles. The molecule has 47 heavy (non-hydrogen) atoms. The summed E-state index contributed by atoms with van der Waals surface area (Å²) in [4.78, 5) is 39.4. The molecule has 3 saturated carbocycles. The highest BCUT2D eigenvalue weighted by atomic mass is 35.5. The van der Waals surface area contributed by atoms with Gasteiger partial charge in [0, 0.05) is 42.3 Å². The number of piperidine rings is 1. The normalized spacial score (nSPS) is 28.9. The van der Waals surface area contributed by atoms with Gasteiger partial charge < -0.3 is 20.9 Å². The second-order valence-electron chi connectivity index (χ2n) is 15.0. The van der Waals surface area contributed by atoms with Gasteiger partial charge in [0.1, 0.15) is 5.82 Å². The van der Waals surface area contributed by atoms with Gasteiger partial charge in [-0.25, -0.2) is 9.98 Å². The highest BCUT2D eigenvalue weighted by molar-refractivity contribution is 6.30. The number of aryl methyl sites for hydroxylation is 1. The molecule has 6 atom stereocenters.